The Labute approximate surface area is 136 Å². The average molecular weight is 331 g/mol. The molecule has 0 aromatic carbocycles. The van der Waals surface area contributed by atoms with Crippen LogP contribution in [0.1, 0.15) is 17.1 Å². The molecule has 0 spiro atoms. The number of hydrogen-bond donors (Lipinski definition) is 1. The molecule has 3 rings (SSSR count). The molecule has 0 bridgehead atoms. The molecule has 0 saturated heterocycles. The minimum atomic E-state index is 0. The van der Waals surface area contributed by atoms with Gasteiger partial charge in [-0.3, -0.25) is 9.58 Å². The Kier molecular flexibility index (Phi) is 7.04. The van der Waals surface area contributed by atoms with Crippen LogP contribution in [0, 0.1) is 0 Å². The Balaban J connectivity index is 0.00000110. The summed E-state index contributed by atoms with van der Waals surface area (Å²) in [6.07, 6.45) is 3.36. The van der Waals surface area contributed by atoms with Gasteiger partial charge in [0.2, 0.25) is 0 Å². The van der Waals surface area contributed by atoms with Crippen molar-refractivity contribution in [1.82, 2.24) is 30.0 Å². The molecule has 116 valence electrons. The minimum Gasteiger partial charge on any atom is -0.309 e. The van der Waals surface area contributed by atoms with Crippen LogP contribution < -0.4 is 5.32 Å². The predicted octanol–water partition coefficient (Wildman–Crippen LogP) is 1.25. The van der Waals surface area contributed by atoms with E-state index in [1.807, 2.05) is 6.07 Å². The van der Waals surface area contributed by atoms with Crippen LogP contribution in [0.15, 0.2) is 24.7 Å². The van der Waals surface area contributed by atoms with E-state index >= 15 is 0 Å². The third kappa shape index (κ3) is 4.64. The number of fused-ring (bicyclic) bond motifs is 1. The summed E-state index contributed by atoms with van der Waals surface area (Å²) in [5, 5.41) is 7.99. The first-order valence-corrected chi connectivity index (χ1v) is 6.51. The third-order valence-corrected chi connectivity index (χ3v) is 3.23. The second kappa shape index (κ2) is 8.29. The van der Waals surface area contributed by atoms with Gasteiger partial charge in [0.1, 0.15) is 6.33 Å². The normalized spacial score (nSPS) is 13.2. The molecule has 1 aliphatic heterocycles. The first-order valence-electron chi connectivity index (χ1n) is 6.51. The Bertz CT molecular complexity index is 521. The predicted molar refractivity (Wildman–Crippen MR) is 85.6 cm³/mol. The zero-order valence-corrected chi connectivity index (χ0v) is 13.5. The fourth-order valence-corrected chi connectivity index (χ4v) is 2.35. The van der Waals surface area contributed by atoms with Gasteiger partial charge in [-0.1, -0.05) is 0 Å². The average Bonchev–Trinajstić information content (AvgIpc) is 2.81. The van der Waals surface area contributed by atoms with Gasteiger partial charge in [0.15, 0.2) is 0 Å². The van der Waals surface area contributed by atoms with Crippen LogP contribution in [0.2, 0.25) is 0 Å². The van der Waals surface area contributed by atoms with Gasteiger partial charge in [0.25, 0.3) is 0 Å². The van der Waals surface area contributed by atoms with Crippen LogP contribution in [0.25, 0.3) is 0 Å². The molecule has 0 saturated carbocycles. The van der Waals surface area contributed by atoms with Crippen molar-refractivity contribution in [2.75, 3.05) is 13.6 Å². The smallest absolute Gasteiger partial charge is 0.115 e. The first-order chi connectivity index (χ1) is 9.31. The van der Waals surface area contributed by atoms with Crippen molar-refractivity contribution in [2.45, 2.75) is 26.2 Å². The molecule has 1 N–H and O–H groups in total. The SMILES string of the molecule is CN(Cc1ccncn1)Cc1cc2n(n1)CCNC2.Cl.Cl. The van der Waals surface area contributed by atoms with E-state index in [9.17, 15) is 0 Å². The molecule has 0 atom stereocenters. The van der Waals surface area contributed by atoms with Crippen LogP contribution in [0.5, 0.6) is 0 Å². The maximum absolute atomic E-state index is 4.63. The summed E-state index contributed by atoms with van der Waals surface area (Å²) < 4.78 is 2.10. The molecule has 1 aliphatic rings. The highest BCUT2D eigenvalue weighted by Crippen LogP contribution is 2.10. The van der Waals surface area contributed by atoms with E-state index in [4.69, 9.17) is 0 Å². The molecule has 0 aliphatic carbocycles. The van der Waals surface area contributed by atoms with E-state index in [2.05, 4.69) is 43.1 Å². The number of hydrogen-bond acceptors (Lipinski definition) is 5. The van der Waals surface area contributed by atoms with Gasteiger partial charge in [0, 0.05) is 32.4 Å². The van der Waals surface area contributed by atoms with E-state index in [1.54, 1.807) is 12.5 Å². The maximum Gasteiger partial charge on any atom is 0.115 e. The Hall–Kier alpha value is -1.21. The standard InChI is InChI=1S/C13H18N6.2ClH/c1-18(8-11-2-3-15-10-16-11)9-12-6-13-7-14-4-5-19(13)17-12;;/h2-3,6,10,14H,4-5,7-9H2,1H3;2*1H. The monoisotopic (exact) mass is 330 g/mol. The van der Waals surface area contributed by atoms with E-state index in [0.29, 0.717) is 0 Å². The van der Waals surface area contributed by atoms with E-state index in [0.717, 1.165) is 44.1 Å². The minimum absolute atomic E-state index is 0. The second-order valence-corrected chi connectivity index (χ2v) is 4.90. The van der Waals surface area contributed by atoms with Gasteiger partial charge >= 0.3 is 0 Å². The van der Waals surface area contributed by atoms with Crippen molar-refractivity contribution in [3.05, 3.63) is 41.7 Å². The fourth-order valence-electron chi connectivity index (χ4n) is 2.35. The zero-order chi connectivity index (χ0) is 13.1. The number of nitrogens with one attached hydrogen (secondary N) is 1. The molecule has 0 fully saturated rings. The Morgan fingerprint density at radius 2 is 2.10 bits per heavy atom. The molecule has 6 nitrogen and oxygen atoms in total. The summed E-state index contributed by atoms with van der Waals surface area (Å²) in [6, 6.07) is 4.13. The third-order valence-electron chi connectivity index (χ3n) is 3.23. The van der Waals surface area contributed by atoms with Crippen LogP contribution in [-0.4, -0.2) is 38.2 Å². The lowest BCUT2D eigenvalue weighted by molar-refractivity contribution is 0.309. The lowest BCUT2D eigenvalue weighted by Gasteiger charge is -2.14. The van der Waals surface area contributed by atoms with E-state index in [-0.39, 0.29) is 24.8 Å². The summed E-state index contributed by atoms with van der Waals surface area (Å²) >= 11 is 0. The van der Waals surface area contributed by atoms with Crippen molar-refractivity contribution < 1.29 is 0 Å². The lowest BCUT2D eigenvalue weighted by Crippen LogP contribution is -2.28. The number of aromatic nitrogens is 4. The topological polar surface area (TPSA) is 58.9 Å². The number of halogens is 2. The van der Waals surface area contributed by atoms with Gasteiger partial charge in [-0.25, -0.2) is 9.97 Å². The molecule has 0 radical (unpaired) electrons. The summed E-state index contributed by atoms with van der Waals surface area (Å²) in [5.74, 6) is 0. The van der Waals surface area contributed by atoms with Crippen LogP contribution in [0.4, 0.5) is 0 Å². The maximum atomic E-state index is 4.63. The molecule has 21 heavy (non-hydrogen) atoms. The molecule has 3 heterocycles. The summed E-state index contributed by atoms with van der Waals surface area (Å²) in [5.41, 5.74) is 3.43. The van der Waals surface area contributed by atoms with Crippen LogP contribution in [-0.2, 0) is 26.2 Å². The van der Waals surface area contributed by atoms with Crippen molar-refractivity contribution in [3.63, 3.8) is 0 Å². The lowest BCUT2D eigenvalue weighted by atomic mass is 10.3. The molecule has 0 unspecified atom stereocenters. The van der Waals surface area contributed by atoms with Crippen LogP contribution >= 0.6 is 24.8 Å². The summed E-state index contributed by atoms with van der Waals surface area (Å²) in [4.78, 5) is 10.4. The van der Waals surface area contributed by atoms with Gasteiger partial charge < -0.3 is 5.32 Å². The highest BCUT2D eigenvalue weighted by atomic mass is 35.5. The fraction of sp³-hybridized carbons (Fsp3) is 0.462. The zero-order valence-electron chi connectivity index (χ0n) is 11.9. The molecule has 8 heteroatoms. The van der Waals surface area contributed by atoms with Crippen molar-refractivity contribution in [3.8, 4) is 0 Å². The molecule has 2 aromatic heterocycles. The Morgan fingerprint density at radius 1 is 1.29 bits per heavy atom. The van der Waals surface area contributed by atoms with Gasteiger partial charge in [-0.05, 0) is 19.2 Å². The molecular weight excluding hydrogens is 311 g/mol. The van der Waals surface area contributed by atoms with Crippen molar-refractivity contribution >= 4 is 24.8 Å². The van der Waals surface area contributed by atoms with E-state index < -0.39 is 0 Å². The largest absolute Gasteiger partial charge is 0.309 e. The first kappa shape index (κ1) is 17.8. The van der Waals surface area contributed by atoms with E-state index in [1.165, 1.54) is 5.69 Å². The number of rotatable bonds is 4. The van der Waals surface area contributed by atoms with Crippen molar-refractivity contribution in [1.29, 1.82) is 0 Å². The summed E-state index contributed by atoms with van der Waals surface area (Å²) in [6.45, 7) is 4.53. The number of nitrogens with zero attached hydrogens (tertiary/aromatic N) is 5. The quantitative estimate of drug-likeness (QED) is 0.914. The van der Waals surface area contributed by atoms with Gasteiger partial charge in [0.05, 0.1) is 23.6 Å². The van der Waals surface area contributed by atoms with Crippen LogP contribution in [0.3, 0.4) is 0 Å². The molecule has 2 aromatic rings. The summed E-state index contributed by atoms with van der Waals surface area (Å²) in [7, 11) is 2.08. The molecular formula is C13H20Cl2N6. The highest BCUT2D eigenvalue weighted by molar-refractivity contribution is 5.85. The molecule has 0 amide bonds. The Morgan fingerprint density at radius 3 is 2.81 bits per heavy atom. The highest BCUT2D eigenvalue weighted by Gasteiger charge is 2.12. The second-order valence-electron chi connectivity index (χ2n) is 4.90. The van der Waals surface area contributed by atoms with Crippen molar-refractivity contribution in [2.24, 2.45) is 0 Å². The van der Waals surface area contributed by atoms with Gasteiger partial charge in [-0.15, -0.1) is 24.8 Å². The van der Waals surface area contributed by atoms with Gasteiger partial charge in [-0.2, -0.15) is 5.10 Å².